The number of carbonyl (C=O) groups is 1. The molecule has 21 heavy (non-hydrogen) atoms. The zero-order chi connectivity index (χ0) is 14.8. The number of aromatic nitrogens is 3. The molecule has 0 atom stereocenters. The van der Waals surface area contributed by atoms with Crippen molar-refractivity contribution >= 4 is 23.1 Å². The summed E-state index contributed by atoms with van der Waals surface area (Å²) in [5, 5.41) is 5.68. The summed E-state index contributed by atoms with van der Waals surface area (Å²) in [5.74, 6) is 1.67. The normalized spacial score (nSPS) is 14.2. The number of rotatable bonds is 4. The second-order valence-electron chi connectivity index (χ2n) is 5.49. The van der Waals surface area contributed by atoms with E-state index in [9.17, 15) is 4.79 Å². The monoisotopic (exact) mass is 305 g/mol. The predicted molar refractivity (Wildman–Crippen MR) is 82.6 cm³/mol. The number of nitrogens with one attached hydrogen (secondary N) is 1. The molecule has 7 heteroatoms. The standard InChI is InChI=1S/C14H19N5OS/c1-18(2)8-13-16-10(9-21-13)14(20)17-12-7-15-11-5-3-4-6-19(11)12/h7,9H,3-6,8H2,1-2H3,(H,17,20). The van der Waals surface area contributed by atoms with Crippen molar-refractivity contribution in [3.05, 3.63) is 28.1 Å². The van der Waals surface area contributed by atoms with E-state index in [1.54, 1.807) is 6.20 Å². The van der Waals surface area contributed by atoms with Gasteiger partial charge in [0.2, 0.25) is 0 Å². The highest BCUT2D eigenvalue weighted by atomic mass is 32.1. The molecule has 3 rings (SSSR count). The predicted octanol–water partition coefficient (Wildman–Crippen LogP) is 1.99. The molecule has 2 aromatic rings. The zero-order valence-corrected chi connectivity index (χ0v) is 13.1. The van der Waals surface area contributed by atoms with E-state index in [2.05, 4.69) is 19.9 Å². The van der Waals surface area contributed by atoms with Gasteiger partial charge >= 0.3 is 0 Å². The molecular formula is C14H19N5OS. The molecule has 0 aromatic carbocycles. The summed E-state index contributed by atoms with van der Waals surface area (Å²) in [6.07, 6.45) is 5.03. The Kier molecular flexibility index (Phi) is 4.03. The molecule has 0 spiro atoms. The summed E-state index contributed by atoms with van der Waals surface area (Å²) >= 11 is 1.51. The molecule has 0 unspecified atom stereocenters. The van der Waals surface area contributed by atoms with Gasteiger partial charge in [-0.2, -0.15) is 0 Å². The Balaban J connectivity index is 1.71. The molecule has 112 valence electrons. The second-order valence-corrected chi connectivity index (χ2v) is 6.43. The minimum atomic E-state index is -0.162. The van der Waals surface area contributed by atoms with Gasteiger partial charge < -0.3 is 14.8 Å². The van der Waals surface area contributed by atoms with Crippen LogP contribution in [0.2, 0.25) is 0 Å². The van der Waals surface area contributed by atoms with Gasteiger partial charge in [-0.25, -0.2) is 9.97 Å². The first-order valence-electron chi connectivity index (χ1n) is 7.08. The summed E-state index contributed by atoms with van der Waals surface area (Å²) in [6.45, 7) is 1.67. The lowest BCUT2D eigenvalue weighted by Crippen LogP contribution is -2.18. The van der Waals surface area contributed by atoms with E-state index < -0.39 is 0 Å². The molecule has 0 fully saturated rings. The third-order valence-corrected chi connectivity index (χ3v) is 4.28. The fourth-order valence-corrected chi connectivity index (χ4v) is 3.35. The maximum Gasteiger partial charge on any atom is 0.276 e. The van der Waals surface area contributed by atoms with Crippen LogP contribution >= 0.6 is 11.3 Å². The van der Waals surface area contributed by atoms with Gasteiger partial charge in [-0.05, 0) is 26.9 Å². The van der Waals surface area contributed by atoms with E-state index in [1.807, 2.05) is 24.4 Å². The summed E-state index contributed by atoms with van der Waals surface area (Å²) in [6, 6.07) is 0. The summed E-state index contributed by atoms with van der Waals surface area (Å²) in [7, 11) is 3.97. The Bertz CT molecular complexity index is 646. The van der Waals surface area contributed by atoms with E-state index in [0.29, 0.717) is 5.69 Å². The molecule has 3 heterocycles. The number of hydrogen-bond donors (Lipinski definition) is 1. The van der Waals surface area contributed by atoms with Crippen molar-refractivity contribution in [2.45, 2.75) is 32.4 Å². The van der Waals surface area contributed by atoms with Crippen molar-refractivity contribution in [1.29, 1.82) is 0 Å². The largest absolute Gasteiger partial charge is 0.315 e. The average Bonchev–Trinajstić information content (AvgIpc) is 3.06. The van der Waals surface area contributed by atoms with Crippen molar-refractivity contribution in [3.8, 4) is 0 Å². The highest BCUT2D eigenvalue weighted by Gasteiger charge is 2.17. The van der Waals surface area contributed by atoms with Crippen LogP contribution in [0.5, 0.6) is 0 Å². The molecule has 0 radical (unpaired) electrons. The van der Waals surface area contributed by atoms with Crippen LogP contribution in [0.15, 0.2) is 11.6 Å². The van der Waals surface area contributed by atoms with E-state index >= 15 is 0 Å². The molecule has 1 amide bonds. The molecule has 6 nitrogen and oxygen atoms in total. The fraction of sp³-hybridized carbons (Fsp3) is 0.500. The topological polar surface area (TPSA) is 63.1 Å². The van der Waals surface area contributed by atoms with Gasteiger partial charge in [0.15, 0.2) is 0 Å². The number of nitrogens with zero attached hydrogens (tertiary/aromatic N) is 4. The minimum absolute atomic E-state index is 0.162. The summed E-state index contributed by atoms with van der Waals surface area (Å²) in [4.78, 5) is 23.1. The Morgan fingerprint density at radius 3 is 3.14 bits per heavy atom. The molecule has 0 saturated carbocycles. The summed E-state index contributed by atoms with van der Waals surface area (Å²) < 4.78 is 2.09. The maximum absolute atomic E-state index is 12.3. The number of amides is 1. The van der Waals surface area contributed by atoms with Crippen LogP contribution in [0.25, 0.3) is 0 Å². The van der Waals surface area contributed by atoms with Crippen molar-refractivity contribution in [1.82, 2.24) is 19.4 Å². The first-order chi connectivity index (χ1) is 10.1. The van der Waals surface area contributed by atoms with E-state index in [1.165, 1.54) is 17.8 Å². The van der Waals surface area contributed by atoms with E-state index in [-0.39, 0.29) is 5.91 Å². The van der Waals surface area contributed by atoms with Gasteiger partial charge in [0.25, 0.3) is 5.91 Å². The third-order valence-electron chi connectivity index (χ3n) is 3.45. The smallest absolute Gasteiger partial charge is 0.276 e. The number of aryl methyl sites for hydroxylation is 1. The highest BCUT2D eigenvalue weighted by Crippen LogP contribution is 2.20. The van der Waals surface area contributed by atoms with Gasteiger partial charge in [0, 0.05) is 24.9 Å². The van der Waals surface area contributed by atoms with E-state index in [0.717, 1.165) is 42.6 Å². The highest BCUT2D eigenvalue weighted by molar-refractivity contribution is 7.09. The van der Waals surface area contributed by atoms with Gasteiger partial charge in [0.1, 0.15) is 22.3 Å². The van der Waals surface area contributed by atoms with Crippen LogP contribution in [0, 0.1) is 0 Å². The van der Waals surface area contributed by atoms with Crippen LogP contribution in [-0.2, 0) is 19.5 Å². The van der Waals surface area contributed by atoms with Crippen LogP contribution in [0.4, 0.5) is 5.82 Å². The van der Waals surface area contributed by atoms with Crippen LogP contribution in [-0.4, -0.2) is 39.4 Å². The fourth-order valence-electron chi connectivity index (χ4n) is 2.45. The van der Waals surface area contributed by atoms with Crippen LogP contribution < -0.4 is 5.32 Å². The molecule has 1 aliphatic rings. The number of hydrogen-bond acceptors (Lipinski definition) is 5. The van der Waals surface area contributed by atoms with Crippen molar-refractivity contribution in [3.63, 3.8) is 0 Å². The number of fused-ring (bicyclic) bond motifs is 1. The Labute approximate surface area is 127 Å². The van der Waals surface area contributed by atoms with Gasteiger partial charge in [-0.15, -0.1) is 11.3 Å². The molecule has 1 aliphatic heterocycles. The molecule has 0 bridgehead atoms. The first kappa shape index (κ1) is 14.2. The Hall–Kier alpha value is -1.73. The average molecular weight is 305 g/mol. The summed E-state index contributed by atoms with van der Waals surface area (Å²) in [5.41, 5.74) is 0.475. The Morgan fingerprint density at radius 1 is 1.48 bits per heavy atom. The molecule has 0 saturated heterocycles. The quantitative estimate of drug-likeness (QED) is 0.938. The van der Waals surface area contributed by atoms with Crippen LogP contribution in [0.3, 0.4) is 0 Å². The SMILES string of the molecule is CN(C)Cc1nc(C(=O)Nc2cnc3n2CCCC3)cs1. The van der Waals surface area contributed by atoms with Gasteiger partial charge in [-0.1, -0.05) is 0 Å². The minimum Gasteiger partial charge on any atom is -0.315 e. The van der Waals surface area contributed by atoms with Crippen LogP contribution in [0.1, 0.15) is 34.2 Å². The Morgan fingerprint density at radius 2 is 2.33 bits per heavy atom. The lowest BCUT2D eigenvalue weighted by Gasteiger charge is -2.16. The van der Waals surface area contributed by atoms with Gasteiger partial charge in [0.05, 0.1) is 6.20 Å². The van der Waals surface area contributed by atoms with E-state index in [4.69, 9.17) is 0 Å². The molecule has 0 aliphatic carbocycles. The van der Waals surface area contributed by atoms with Gasteiger partial charge in [-0.3, -0.25) is 4.79 Å². The van der Waals surface area contributed by atoms with Crippen molar-refractivity contribution in [2.24, 2.45) is 0 Å². The second kappa shape index (κ2) is 5.95. The number of anilines is 1. The number of carbonyl (C=O) groups excluding carboxylic acids is 1. The number of imidazole rings is 1. The third kappa shape index (κ3) is 3.14. The first-order valence-corrected chi connectivity index (χ1v) is 7.96. The lowest BCUT2D eigenvalue weighted by molar-refractivity contribution is 0.102. The zero-order valence-electron chi connectivity index (χ0n) is 12.3. The van der Waals surface area contributed by atoms with Crippen molar-refractivity contribution in [2.75, 3.05) is 19.4 Å². The molecule has 2 aromatic heterocycles. The molecule has 1 N–H and O–H groups in total. The van der Waals surface area contributed by atoms with Crippen molar-refractivity contribution < 1.29 is 4.79 Å². The molecular weight excluding hydrogens is 286 g/mol. The lowest BCUT2D eigenvalue weighted by atomic mass is 10.2. The number of thiazole rings is 1. The maximum atomic E-state index is 12.3.